The van der Waals surface area contributed by atoms with Crippen molar-refractivity contribution < 1.29 is 4.74 Å². The minimum absolute atomic E-state index is 0.586. The summed E-state index contributed by atoms with van der Waals surface area (Å²) < 4.78 is 5.54. The van der Waals surface area contributed by atoms with E-state index in [4.69, 9.17) is 16.3 Å². The molecule has 0 bridgehead atoms. The Morgan fingerprint density at radius 1 is 1.47 bits per heavy atom. The van der Waals surface area contributed by atoms with Gasteiger partial charge in [0.1, 0.15) is 5.75 Å². The van der Waals surface area contributed by atoms with Crippen LogP contribution in [-0.2, 0) is 6.42 Å². The fourth-order valence-electron chi connectivity index (χ4n) is 2.61. The molecule has 0 aromatic heterocycles. The van der Waals surface area contributed by atoms with Crippen molar-refractivity contribution in [2.45, 2.75) is 39.2 Å². The molecule has 3 heteroatoms. The lowest BCUT2D eigenvalue weighted by Gasteiger charge is -2.18. The summed E-state index contributed by atoms with van der Waals surface area (Å²) in [5, 5.41) is 4.32. The van der Waals surface area contributed by atoms with E-state index in [0.717, 1.165) is 29.3 Å². The minimum Gasteiger partial charge on any atom is -0.496 e. The van der Waals surface area contributed by atoms with E-state index in [-0.39, 0.29) is 0 Å². The molecular weight excluding hydrogens is 234 g/mol. The summed E-state index contributed by atoms with van der Waals surface area (Å²) in [6.45, 7) is 5.27. The SMILES string of the molecule is COc1c(C)c(Cl)cc(C)c1CC1CCCN1. The molecule has 1 N–H and O–H groups in total. The number of rotatable bonds is 3. The van der Waals surface area contributed by atoms with Gasteiger partial charge in [-0.2, -0.15) is 0 Å². The first-order valence-corrected chi connectivity index (χ1v) is 6.57. The van der Waals surface area contributed by atoms with Crippen LogP contribution in [0.3, 0.4) is 0 Å². The van der Waals surface area contributed by atoms with E-state index < -0.39 is 0 Å². The molecule has 94 valence electrons. The Morgan fingerprint density at radius 2 is 2.24 bits per heavy atom. The molecule has 1 atom stereocenters. The second-order valence-electron chi connectivity index (χ2n) is 4.81. The summed E-state index contributed by atoms with van der Waals surface area (Å²) in [7, 11) is 1.73. The molecule has 2 rings (SSSR count). The molecule has 17 heavy (non-hydrogen) atoms. The van der Waals surface area contributed by atoms with Gasteiger partial charge < -0.3 is 10.1 Å². The van der Waals surface area contributed by atoms with E-state index >= 15 is 0 Å². The molecular formula is C14H20ClNO. The average molecular weight is 254 g/mol. The van der Waals surface area contributed by atoms with Gasteiger partial charge in [0.05, 0.1) is 7.11 Å². The van der Waals surface area contributed by atoms with Gasteiger partial charge in [-0.05, 0) is 56.8 Å². The summed E-state index contributed by atoms with van der Waals surface area (Å²) >= 11 is 6.19. The van der Waals surface area contributed by atoms with Crippen molar-refractivity contribution in [3.05, 3.63) is 27.8 Å². The van der Waals surface area contributed by atoms with Crippen molar-refractivity contribution >= 4 is 11.6 Å². The topological polar surface area (TPSA) is 21.3 Å². The van der Waals surface area contributed by atoms with Gasteiger partial charge in [-0.1, -0.05) is 11.6 Å². The maximum absolute atomic E-state index is 6.19. The van der Waals surface area contributed by atoms with Gasteiger partial charge >= 0.3 is 0 Å². The highest BCUT2D eigenvalue weighted by Crippen LogP contribution is 2.33. The van der Waals surface area contributed by atoms with Crippen LogP contribution in [0.5, 0.6) is 5.75 Å². The summed E-state index contributed by atoms with van der Waals surface area (Å²) in [4.78, 5) is 0. The predicted octanol–water partition coefficient (Wildman–Crippen LogP) is 3.26. The Morgan fingerprint density at radius 3 is 2.82 bits per heavy atom. The highest BCUT2D eigenvalue weighted by molar-refractivity contribution is 6.31. The van der Waals surface area contributed by atoms with Crippen LogP contribution in [0.15, 0.2) is 6.07 Å². The zero-order valence-corrected chi connectivity index (χ0v) is 11.5. The molecule has 1 aromatic rings. The summed E-state index contributed by atoms with van der Waals surface area (Å²) in [6.07, 6.45) is 3.57. The largest absolute Gasteiger partial charge is 0.496 e. The Balaban J connectivity index is 2.33. The molecule has 1 fully saturated rings. The molecule has 0 aliphatic carbocycles. The fraction of sp³-hybridized carbons (Fsp3) is 0.571. The van der Waals surface area contributed by atoms with Crippen LogP contribution in [0.25, 0.3) is 0 Å². The lowest BCUT2D eigenvalue weighted by Crippen LogP contribution is -2.24. The van der Waals surface area contributed by atoms with E-state index in [9.17, 15) is 0 Å². The van der Waals surface area contributed by atoms with Crippen molar-refractivity contribution in [2.24, 2.45) is 0 Å². The Labute approximate surface area is 108 Å². The number of nitrogens with one attached hydrogen (secondary N) is 1. The van der Waals surface area contributed by atoms with Gasteiger partial charge in [0.15, 0.2) is 0 Å². The quantitative estimate of drug-likeness (QED) is 0.893. The molecule has 0 spiro atoms. The number of halogens is 1. The molecule has 1 aliphatic rings. The maximum atomic E-state index is 6.19. The molecule has 0 radical (unpaired) electrons. The molecule has 0 amide bonds. The average Bonchev–Trinajstić information content (AvgIpc) is 2.79. The van der Waals surface area contributed by atoms with Crippen molar-refractivity contribution in [1.82, 2.24) is 5.32 Å². The van der Waals surface area contributed by atoms with Crippen LogP contribution >= 0.6 is 11.6 Å². The first kappa shape index (κ1) is 12.7. The summed E-state index contributed by atoms with van der Waals surface area (Å²) in [6, 6.07) is 2.63. The highest BCUT2D eigenvalue weighted by Gasteiger charge is 2.20. The van der Waals surface area contributed by atoms with Crippen LogP contribution in [0.4, 0.5) is 0 Å². The van der Waals surface area contributed by atoms with Gasteiger partial charge in [0.25, 0.3) is 0 Å². The monoisotopic (exact) mass is 253 g/mol. The third kappa shape index (κ3) is 2.58. The highest BCUT2D eigenvalue weighted by atomic mass is 35.5. The first-order valence-electron chi connectivity index (χ1n) is 6.19. The lowest BCUT2D eigenvalue weighted by molar-refractivity contribution is 0.403. The van der Waals surface area contributed by atoms with E-state index in [1.54, 1.807) is 7.11 Å². The molecule has 1 saturated heterocycles. The molecule has 1 aromatic carbocycles. The first-order chi connectivity index (χ1) is 8.13. The number of hydrogen-bond donors (Lipinski definition) is 1. The van der Waals surface area contributed by atoms with Gasteiger partial charge in [0.2, 0.25) is 0 Å². The van der Waals surface area contributed by atoms with Crippen LogP contribution in [-0.4, -0.2) is 19.7 Å². The molecule has 1 heterocycles. The zero-order chi connectivity index (χ0) is 12.4. The number of aryl methyl sites for hydroxylation is 1. The molecule has 1 aliphatic heterocycles. The number of methoxy groups -OCH3 is 1. The fourth-order valence-corrected chi connectivity index (χ4v) is 2.86. The molecule has 2 nitrogen and oxygen atoms in total. The second-order valence-corrected chi connectivity index (χ2v) is 5.22. The lowest BCUT2D eigenvalue weighted by atomic mass is 9.96. The van der Waals surface area contributed by atoms with Crippen LogP contribution in [0.2, 0.25) is 5.02 Å². The third-order valence-electron chi connectivity index (χ3n) is 3.61. The van der Waals surface area contributed by atoms with Gasteiger partial charge in [-0.15, -0.1) is 0 Å². The van der Waals surface area contributed by atoms with Gasteiger partial charge in [0, 0.05) is 16.6 Å². The Bertz CT molecular complexity index is 411. The van der Waals surface area contributed by atoms with Crippen molar-refractivity contribution in [3.8, 4) is 5.75 Å². The van der Waals surface area contributed by atoms with Crippen molar-refractivity contribution in [3.63, 3.8) is 0 Å². The van der Waals surface area contributed by atoms with Crippen molar-refractivity contribution in [1.29, 1.82) is 0 Å². The standard InChI is InChI=1S/C14H20ClNO/c1-9-7-13(15)10(2)14(17-3)12(9)8-11-5-4-6-16-11/h7,11,16H,4-6,8H2,1-3H3. The predicted molar refractivity (Wildman–Crippen MR) is 72.2 cm³/mol. The van der Waals surface area contributed by atoms with E-state index in [0.29, 0.717) is 6.04 Å². The summed E-state index contributed by atoms with van der Waals surface area (Å²) in [5.41, 5.74) is 3.58. The van der Waals surface area contributed by atoms with Crippen LogP contribution in [0.1, 0.15) is 29.5 Å². The number of benzene rings is 1. The minimum atomic E-state index is 0.586. The maximum Gasteiger partial charge on any atom is 0.126 e. The normalized spacial score (nSPS) is 19.6. The number of ether oxygens (including phenoxy) is 1. The van der Waals surface area contributed by atoms with E-state index in [1.165, 1.54) is 24.0 Å². The second kappa shape index (κ2) is 5.28. The smallest absolute Gasteiger partial charge is 0.126 e. The van der Waals surface area contributed by atoms with Crippen LogP contribution in [0, 0.1) is 13.8 Å². The van der Waals surface area contributed by atoms with Gasteiger partial charge in [-0.3, -0.25) is 0 Å². The Hall–Kier alpha value is -0.730. The Kier molecular flexibility index (Phi) is 3.95. The summed E-state index contributed by atoms with van der Waals surface area (Å²) in [5.74, 6) is 0.962. The molecule has 0 saturated carbocycles. The van der Waals surface area contributed by atoms with Crippen LogP contribution < -0.4 is 10.1 Å². The zero-order valence-electron chi connectivity index (χ0n) is 10.8. The van der Waals surface area contributed by atoms with Gasteiger partial charge in [-0.25, -0.2) is 0 Å². The van der Waals surface area contributed by atoms with E-state index in [2.05, 4.69) is 12.2 Å². The number of hydrogen-bond acceptors (Lipinski definition) is 2. The third-order valence-corrected chi connectivity index (χ3v) is 4.00. The van der Waals surface area contributed by atoms with E-state index in [1.807, 2.05) is 13.0 Å². The van der Waals surface area contributed by atoms with Crippen molar-refractivity contribution in [2.75, 3.05) is 13.7 Å². The molecule has 1 unspecified atom stereocenters.